The largest absolute Gasteiger partial charge is 0.460 e. The van der Waals surface area contributed by atoms with Gasteiger partial charge in [0, 0.05) is 12.2 Å². The maximum atomic E-state index is 11.3. The number of hydrogen-bond acceptors (Lipinski definition) is 8. The molecular formula is C12H14N2O8. The van der Waals surface area contributed by atoms with Gasteiger partial charge in [-0.15, -0.1) is 0 Å². The third kappa shape index (κ3) is 4.96. The second-order valence-electron chi connectivity index (χ2n) is 4.47. The highest BCUT2D eigenvalue weighted by Gasteiger charge is 2.24. The maximum Gasteiger partial charge on any atom is 0.407 e. The molecule has 0 aromatic rings. The molecule has 0 radical (unpaired) electrons. The third-order valence-electron chi connectivity index (χ3n) is 2.68. The van der Waals surface area contributed by atoms with E-state index in [0.29, 0.717) is 0 Å². The van der Waals surface area contributed by atoms with Crippen LogP contribution >= 0.6 is 0 Å². The molecular weight excluding hydrogens is 300 g/mol. The zero-order chi connectivity index (χ0) is 15.9. The topological polar surface area (TPSA) is 129 Å². The van der Waals surface area contributed by atoms with Gasteiger partial charge in [0.05, 0.1) is 0 Å². The Morgan fingerprint density at radius 3 is 1.68 bits per heavy atom. The molecule has 0 unspecified atom stereocenters. The van der Waals surface area contributed by atoms with Crippen molar-refractivity contribution in [1.29, 1.82) is 0 Å². The Bertz CT molecular complexity index is 459. The summed E-state index contributed by atoms with van der Waals surface area (Å²) in [6.07, 6.45) is 0.680. The van der Waals surface area contributed by atoms with Crippen LogP contribution < -0.4 is 10.6 Å². The Morgan fingerprint density at radius 1 is 0.955 bits per heavy atom. The second kappa shape index (κ2) is 7.29. The van der Waals surface area contributed by atoms with Gasteiger partial charge in [-0.25, -0.2) is 19.2 Å². The SMILES string of the molecule is O=C(/C=C/C(=O)OC[C@@H]1COC(=O)N1)OC[C@@H]1COC(=O)N1. The third-order valence-corrected chi connectivity index (χ3v) is 2.68. The van der Waals surface area contributed by atoms with E-state index in [1.54, 1.807) is 0 Å². The molecule has 0 spiro atoms. The number of amides is 2. The molecule has 2 fully saturated rings. The molecule has 0 bridgehead atoms. The Morgan fingerprint density at radius 2 is 1.36 bits per heavy atom. The summed E-state index contributed by atoms with van der Waals surface area (Å²) in [5.74, 6) is -1.51. The average Bonchev–Trinajstić information content (AvgIpc) is 3.09. The molecule has 2 heterocycles. The van der Waals surface area contributed by atoms with E-state index in [1.807, 2.05) is 0 Å². The number of alkyl carbamates (subject to hydrolysis) is 2. The van der Waals surface area contributed by atoms with E-state index >= 15 is 0 Å². The van der Waals surface area contributed by atoms with Gasteiger partial charge in [-0.2, -0.15) is 0 Å². The first kappa shape index (κ1) is 15.6. The molecule has 10 nitrogen and oxygen atoms in total. The van der Waals surface area contributed by atoms with Crippen molar-refractivity contribution >= 4 is 24.1 Å². The molecule has 0 saturated carbocycles. The smallest absolute Gasteiger partial charge is 0.407 e. The van der Waals surface area contributed by atoms with Gasteiger partial charge in [-0.1, -0.05) is 0 Å². The molecule has 120 valence electrons. The Balaban J connectivity index is 1.60. The Kier molecular flexibility index (Phi) is 5.17. The number of nitrogens with one attached hydrogen (secondary N) is 2. The lowest BCUT2D eigenvalue weighted by Gasteiger charge is -2.07. The lowest BCUT2D eigenvalue weighted by molar-refractivity contribution is -0.141. The molecule has 0 aromatic heterocycles. The van der Waals surface area contributed by atoms with E-state index in [9.17, 15) is 19.2 Å². The van der Waals surface area contributed by atoms with Gasteiger partial charge in [0.2, 0.25) is 0 Å². The predicted molar refractivity (Wildman–Crippen MR) is 67.6 cm³/mol. The molecule has 2 saturated heterocycles. The summed E-state index contributed by atoms with van der Waals surface area (Å²) in [6, 6.07) is -0.800. The van der Waals surface area contributed by atoms with Crippen molar-refractivity contribution in [2.75, 3.05) is 26.4 Å². The van der Waals surface area contributed by atoms with Gasteiger partial charge in [0.25, 0.3) is 0 Å². The van der Waals surface area contributed by atoms with E-state index in [4.69, 9.17) is 9.47 Å². The van der Waals surface area contributed by atoms with Gasteiger partial charge in [-0.05, 0) is 0 Å². The summed E-state index contributed by atoms with van der Waals surface area (Å²) in [6.45, 7) is 0.116. The first-order valence-electron chi connectivity index (χ1n) is 6.41. The van der Waals surface area contributed by atoms with Crippen LogP contribution in [0.1, 0.15) is 0 Å². The quantitative estimate of drug-likeness (QED) is 0.357. The van der Waals surface area contributed by atoms with Crippen LogP contribution in [-0.4, -0.2) is 62.6 Å². The van der Waals surface area contributed by atoms with Gasteiger partial charge < -0.3 is 29.6 Å². The molecule has 0 aromatic carbocycles. The Labute approximate surface area is 124 Å². The van der Waals surface area contributed by atoms with E-state index in [2.05, 4.69) is 20.1 Å². The van der Waals surface area contributed by atoms with Crippen LogP contribution in [0.2, 0.25) is 0 Å². The molecule has 2 aliphatic heterocycles. The van der Waals surface area contributed by atoms with Gasteiger partial charge >= 0.3 is 24.1 Å². The first-order chi connectivity index (χ1) is 10.5. The van der Waals surface area contributed by atoms with E-state index in [0.717, 1.165) is 12.2 Å². The molecule has 2 rings (SSSR count). The lowest BCUT2D eigenvalue weighted by atomic mass is 10.3. The van der Waals surface area contributed by atoms with Crippen LogP contribution in [0, 0.1) is 0 Å². The summed E-state index contributed by atoms with van der Waals surface area (Å²) >= 11 is 0. The van der Waals surface area contributed by atoms with Crippen LogP contribution in [0.3, 0.4) is 0 Å². The molecule has 2 atom stereocenters. The molecule has 2 aliphatic rings. The van der Waals surface area contributed by atoms with E-state index in [1.165, 1.54) is 0 Å². The molecule has 10 heteroatoms. The highest BCUT2D eigenvalue weighted by atomic mass is 16.6. The van der Waals surface area contributed by atoms with Crippen molar-refractivity contribution < 1.29 is 38.1 Å². The summed E-state index contributed by atoms with van der Waals surface area (Å²) in [5.41, 5.74) is 0. The van der Waals surface area contributed by atoms with E-state index < -0.39 is 36.2 Å². The summed E-state index contributed by atoms with van der Waals surface area (Å²) < 4.78 is 18.8. The minimum absolute atomic E-state index is 0.0601. The zero-order valence-corrected chi connectivity index (χ0v) is 11.4. The first-order valence-corrected chi connectivity index (χ1v) is 6.41. The number of hydrogen-bond donors (Lipinski definition) is 2. The van der Waals surface area contributed by atoms with Crippen molar-refractivity contribution in [3.63, 3.8) is 0 Å². The number of esters is 2. The normalized spacial score (nSPS) is 23.5. The fraction of sp³-hybridized carbons (Fsp3) is 0.500. The van der Waals surface area contributed by atoms with Crippen molar-refractivity contribution in [3.8, 4) is 0 Å². The van der Waals surface area contributed by atoms with Crippen molar-refractivity contribution in [2.24, 2.45) is 0 Å². The second-order valence-corrected chi connectivity index (χ2v) is 4.47. The van der Waals surface area contributed by atoms with Crippen LogP contribution in [0.4, 0.5) is 9.59 Å². The standard InChI is InChI=1S/C12H14N2O8/c15-9(19-3-7-5-21-11(17)13-7)1-2-10(16)20-4-8-6-22-12(18)14-8/h1-2,7-8H,3-6H2,(H,13,17)(H,14,18)/b2-1+/t7-,8-/m1/s1. The summed E-state index contributed by atoms with van der Waals surface area (Å²) in [5, 5.41) is 4.86. The number of rotatable bonds is 6. The van der Waals surface area contributed by atoms with Gasteiger partial charge in [-0.3, -0.25) is 0 Å². The van der Waals surface area contributed by atoms with Crippen LogP contribution in [0.25, 0.3) is 0 Å². The highest BCUT2D eigenvalue weighted by molar-refractivity contribution is 5.91. The number of carbonyl (C=O) groups is 4. The van der Waals surface area contributed by atoms with Crippen molar-refractivity contribution in [1.82, 2.24) is 10.6 Å². The molecule has 2 N–H and O–H groups in total. The van der Waals surface area contributed by atoms with Crippen LogP contribution in [0.15, 0.2) is 12.2 Å². The van der Waals surface area contributed by atoms with Gasteiger partial charge in [0.15, 0.2) is 0 Å². The van der Waals surface area contributed by atoms with Crippen LogP contribution in [0.5, 0.6) is 0 Å². The number of ether oxygens (including phenoxy) is 4. The highest BCUT2D eigenvalue weighted by Crippen LogP contribution is 2.00. The number of cyclic esters (lactones) is 2. The zero-order valence-electron chi connectivity index (χ0n) is 11.4. The predicted octanol–water partition coefficient (Wildman–Crippen LogP) is -1.15. The fourth-order valence-electron chi connectivity index (χ4n) is 1.63. The summed E-state index contributed by atoms with van der Waals surface area (Å²) in [4.78, 5) is 44.1. The monoisotopic (exact) mass is 314 g/mol. The van der Waals surface area contributed by atoms with Crippen molar-refractivity contribution in [2.45, 2.75) is 12.1 Å². The fourth-order valence-corrected chi connectivity index (χ4v) is 1.63. The maximum absolute atomic E-state index is 11.3. The summed E-state index contributed by atoms with van der Waals surface area (Å²) in [7, 11) is 0. The Hall–Kier alpha value is -2.78. The minimum Gasteiger partial charge on any atom is -0.460 e. The number of carbonyl (C=O) groups excluding carboxylic acids is 4. The van der Waals surface area contributed by atoms with Crippen LogP contribution in [-0.2, 0) is 28.5 Å². The molecule has 0 aliphatic carbocycles. The van der Waals surface area contributed by atoms with Crippen molar-refractivity contribution in [3.05, 3.63) is 12.2 Å². The molecule has 2 amide bonds. The minimum atomic E-state index is -0.754. The van der Waals surface area contributed by atoms with E-state index in [-0.39, 0.29) is 26.4 Å². The lowest BCUT2D eigenvalue weighted by Crippen LogP contribution is -2.32. The van der Waals surface area contributed by atoms with Gasteiger partial charge in [0.1, 0.15) is 38.5 Å². The average molecular weight is 314 g/mol. The molecule has 22 heavy (non-hydrogen) atoms.